The van der Waals surface area contributed by atoms with E-state index in [4.69, 9.17) is 0 Å². The van der Waals surface area contributed by atoms with Crippen LogP contribution in [-0.4, -0.2) is 33.1 Å². The zero-order valence-corrected chi connectivity index (χ0v) is 12.4. The van der Waals surface area contributed by atoms with Crippen LogP contribution in [-0.2, 0) is 11.3 Å². The molecule has 1 aliphatic heterocycles. The molecule has 2 N–H and O–H groups in total. The van der Waals surface area contributed by atoms with E-state index in [1.54, 1.807) is 0 Å². The molecule has 8 heteroatoms. The molecule has 0 saturated carbocycles. The van der Waals surface area contributed by atoms with E-state index in [2.05, 4.69) is 20.8 Å². The van der Waals surface area contributed by atoms with E-state index in [0.29, 0.717) is 6.54 Å². The maximum Gasteiger partial charge on any atom is 0.237 e. The van der Waals surface area contributed by atoms with E-state index in [1.807, 2.05) is 28.8 Å². The molecule has 0 aliphatic carbocycles. The van der Waals surface area contributed by atoms with Crippen LogP contribution in [0.25, 0.3) is 5.65 Å². The van der Waals surface area contributed by atoms with Gasteiger partial charge in [-0.25, -0.2) is 0 Å². The molecule has 1 fully saturated rings. The van der Waals surface area contributed by atoms with E-state index in [9.17, 15) is 4.79 Å². The fraction of sp³-hybridized carbons (Fsp3) is 0.417. The van der Waals surface area contributed by atoms with Gasteiger partial charge in [0.25, 0.3) is 0 Å². The molecular formula is C12H17Cl2N5O. The number of amides is 1. The number of carbonyl (C=O) groups excluding carboxylic acids is 1. The van der Waals surface area contributed by atoms with Crippen LogP contribution in [0.15, 0.2) is 24.4 Å². The minimum atomic E-state index is -0.0517. The van der Waals surface area contributed by atoms with Crippen LogP contribution in [0.1, 0.15) is 18.7 Å². The Hall–Kier alpha value is -1.37. The number of hydrogen-bond acceptors (Lipinski definition) is 4. The summed E-state index contributed by atoms with van der Waals surface area (Å²) in [6.07, 6.45) is 3.86. The topological polar surface area (TPSA) is 71.3 Å². The first-order valence-corrected chi connectivity index (χ1v) is 6.14. The molecule has 2 aromatic rings. The summed E-state index contributed by atoms with van der Waals surface area (Å²) in [5.74, 6) is 0.789. The smallest absolute Gasteiger partial charge is 0.237 e. The zero-order valence-electron chi connectivity index (χ0n) is 10.8. The van der Waals surface area contributed by atoms with Crippen LogP contribution in [0, 0.1) is 0 Å². The number of nitrogens with one attached hydrogen (secondary N) is 2. The first kappa shape index (κ1) is 16.7. The van der Waals surface area contributed by atoms with Gasteiger partial charge in [0.05, 0.1) is 12.6 Å². The summed E-state index contributed by atoms with van der Waals surface area (Å²) < 4.78 is 1.88. The average molecular weight is 318 g/mol. The SMILES string of the molecule is Cl.Cl.O=C(NCc1nnc2ccccn12)[C@@H]1CCCN1. The van der Waals surface area contributed by atoms with Gasteiger partial charge in [0, 0.05) is 6.20 Å². The highest BCUT2D eigenvalue weighted by molar-refractivity contribution is 5.85. The molecule has 1 saturated heterocycles. The van der Waals surface area contributed by atoms with Crippen molar-refractivity contribution in [2.24, 2.45) is 0 Å². The third-order valence-electron chi connectivity index (χ3n) is 3.18. The first-order valence-electron chi connectivity index (χ1n) is 6.14. The molecular weight excluding hydrogens is 301 g/mol. The first-order chi connectivity index (χ1) is 8.84. The lowest BCUT2D eigenvalue weighted by molar-refractivity contribution is -0.123. The zero-order chi connectivity index (χ0) is 12.4. The number of hydrogen-bond donors (Lipinski definition) is 2. The second kappa shape index (κ2) is 7.42. The summed E-state index contributed by atoms with van der Waals surface area (Å²) in [7, 11) is 0. The van der Waals surface area contributed by atoms with Crippen LogP contribution in [0.4, 0.5) is 0 Å². The molecule has 0 radical (unpaired) electrons. The lowest BCUT2D eigenvalue weighted by Gasteiger charge is -2.10. The summed E-state index contributed by atoms with van der Waals surface area (Å²) in [4.78, 5) is 11.8. The van der Waals surface area contributed by atoms with E-state index >= 15 is 0 Å². The Morgan fingerprint density at radius 3 is 3.00 bits per heavy atom. The van der Waals surface area contributed by atoms with Gasteiger partial charge >= 0.3 is 0 Å². The van der Waals surface area contributed by atoms with Gasteiger partial charge in [0.1, 0.15) is 0 Å². The van der Waals surface area contributed by atoms with Crippen LogP contribution < -0.4 is 10.6 Å². The van der Waals surface area contributed by atoms with Crippen molar-refractivity contribution < 1.29 is 4.79 Å². The van der Waals surface area contributed by atoms with Crippen molar-refractivity contribution in [2.75, 3.05) is 6.54 Å². The molecule has 0 spiro atoms. The van der Waals surface area contributed by atoms with Gasteiger partial charge in [-0.05, 0) is 31.5 Å². The summed E-state index contributed by atoms with van der Waals surface area (Å²) in [6.45, 7) is 1.33. The Kier molecular flexibility index (Phi) is 6.19. The Labute approximate surface area is 129 Å². The van der Waals surface area contributed by atoms with Gasteiger partial charge in [0.2, 0.25) is 5.91 Å². The highest BCUT2D eigenvalue weighted by Gasteiger charge is 2.21. The number of pyridine rings is 1. The summed E-state index contributed by atoms with van der Waals surface area (Å²) in [5, 5.41) is 14.2. The molecule has 0 bridgehead atoms. The Morgan fingerprint density at radius 2 is 2.25 bits per heavy atom. The third-order valence-corrected chi connectivity index (χ3v) is 3.18. The van der Waals surface area contributed by atoms with Crippen LogP contribution in [0.2, 0.25) is 0 Å². The highest BCUT2D eigenvalue weighted by Crippen LogP contribution is 2.06. The normalized spacial score (nSPS) is 17.3. The molecule has 0 unspecified atom stereocenters. The molecule has 3 heterocycles. The summed E-state index contributed by atoms with van der Waals surface area (Å²) in [6, 6.07) is 5.66. The monoisotopic (exact) mass is 317 g/mol. The predicted octanol–water partition coefficient (Wildman–Crippen LogP) is 0.941. The summed E-state index contributed by atoms with van der Waals surface area (Å²) >= 11 is 0. The van der Waals surface area contributed by atoms with Crippen molar-refractivity contribution >= 4 is 36.4 Å². The molecule has 110 valence electrons. The van der Waals surface area contributed by atoms with Crippen molar-refractivity contribution in [2.45, 2.75) is 25.4 Å². The second-order valence-electron chi connectivity index (χ2n) is 4.41. The highest BCUT2D eigenvalue weighted by atomic mass is 35.5. The average Bonchev–Trinajstić information content (AvgIpc) is 3.06. The minimum Gasteiger partial charge on any atom is -0.347 e. The predicted molar refractivity (Wildman–Crippen MR) is 80.4 cm³/mol. The molecule has 1 atom stereocenters. The number of aromatic nitrogens is 3. The van der Waals surface area contributed by atoms with E-state index in [0.717, 1.165) is 30.9 Å². The Morgan fingerprint density at radius 1 is 1.40 bits per heavy atom. The maximum absolute atomic E-state index is 11.8. The van der Waals surface area contributed by atoms with E-state index in [1.165, 1.54) is 0 Å². The lowest BCUT2D eigenvalue weighted by atomic mass is 10.2. The van der Waals surface area contributed by atoms with Crippen LogP contribution in [0.5, 0.6) is 0 Å². The fourth-order valence-electron chi connectivity index (χ4n) is 2.21. The van der Waals surface area contributed by atoms with Crippen LogP contribution in [0.3, 0.4) is 0 Å². The van der Waals surface area contributed by atoms with Crippen molar-refractivity contribution in [3.8, 4) is 0 Å². The Balaban J connectivity index is 0.000001000. The van der Waals surface area contributed by atoms with Crippen molar-refractivity contribution in [1.29, 1.82) is 0 Å². The number of carbonyl (C=O) groups is 1. The van der Waals surface area contributed by atoms with Gasteiger partial charge < -0.3 is 10.6 Å². The van der Waals surface area contributed by atoms with Gasteiger partial charge in [-0.2, -0.15) is 0 Å². The number of halogens is 2. The number of fused-ring (bicyclic) bond motifs is 1. The number of nitrogens with zero attached hydrogens (tertiary/aromatic N) is 3. The Bertz CT molecular complexity index is 568. The van der Waals surface area contributed by atoms with Crippen LogP contribution >= 0.6 is 24.8 Å². The molecule has 6 nitrogen and oxygen atoms in total. The summed E-state index contributed by atoms with van der Waals surface area (Å²) in [5.41, 5.74) is 0.792. The third kappa shape index (κ3) is 3.39. The standard InChI is InChI=1S/C12H15N5O.2ClH/c18-12(9-4-3-6-13-9)14-8-11-16-15-10-5-1-2-7-17(10)11;;/h1-2,5,7,9,13H,3-4,6,8H2,(H,14,18);2*1H/t9-;;/m0../s1. The van der Waals surface area contributed by atoms with Crippen molar-refractivity contribution in [1.82, 2.24) is 25.2 Å². The molecule has 20 heavy (non-hydrogen) atoms. The molecule has 2 aromatic heterocycles. The largest absolute Gasteiger partial charge is 0.347 e. The maximum atomic E-state index is 11.8. The van der Waals surface area contributed by atoms with Crippen molar-refractivity contribution in [3.05, 3.63) is 30.2 Å². The molecule has 0 aromatic carbocycles. The van der Waals surface area contributed by atoms with Gasteiger partial charge in [-0.1, -0.05) is 6.07 Å². The van der Waals surface area contributed by atoms with E-state index in [-0.39, 0.29) is 36.8 Å². The van der Waals surface area contributed by atoms with Gasteiger partial charge in [-0.15, -0.1) is 35.0 Å². The number of rotatable bonds is 3. The van der Waals surface area contributed by atoms with E-state index < -0.39 is 0 Å². The second-order valence-corrected chi connectivity index (χ2v) is 4.41. The lowest BCUT2D eigenvalue weighted by Crippen LogP contribution is -2.40. The van der Waals surface area contributed by atoms with Gasteiger partial charge in [0.15, 0.2) is 11.5 Å². The van der Waals surface area contributed by atoms with Gasteiger partial charge in [-0.3, -0.25) is 9.20 Å². The fourth-order valence-corrected chi connectivity index (χ4v) is 2.21. The molecule has 1 amide bonds. The molecule has 1 aliphatic rings. The molecule has 3 rings (SSSR count). The quantitative estimate of drug-likeness (QED) is 0.884. The van der Waals surface area contributed by atoms with Crippen molar-refractivity contribution in [3.63, 3.8) is 0 Å². The minimum absolute atomic E-state index is 0.